The lowest BCUT2D eigenvalue weighted by Gasteiger charge is -2.22. The van der Waals surface area contributed by atoms with Crippen LogP contribution in [0.5, 0.6) is 0 Å². The number of anilines is 2. The first-order chi connectivity index (χ1) is 27.0. The Bertz CT molecular complexity index is 2410. The Morgan fingerprint density at radius 1 is 1.09 bits per heavy atom. The van der Waals surface area contributed by atoms with E-state index in [2.05, 4.69) is 51.5 Å². The van der Waals surface area contributed by atoms with Crippen molar-refractivity contribution < 1.29 is 56.8 Å². The normalized spacial score (nSPS) is 19.4. The highest BCUT2D eigenvalue weighted by Gasteiger charge is 2.49. The Balaban J connectivity index is 0.988. The fourth-order valence-electron chi connectivity index (χ4n) is 5.93. The van der Waals surface area contributed by atoms with E-state index in [1.165, 1.54) is 10.9 Å². The van der Waals surface area contributed by atoms with Gasteiger partial charge in [-0.1, -0.05) is 0 Å². The van der Waals surface area contributed by atoms with Crippen LogP contribution in [0.15, 0.2) is 49.1 Å². The van der Waals surface area contributed by atoms with Crippen LogP contribution in [0.1, 0.15) is 19.1 Å². The van der Waals surface area contributed by atoms with Crippen LogP contribution in [-0.4, -0.2) is 122 Å². The number of ether oxygens (including phenoxy) is 2. The van der Waals surface area contributed by atoms with E-state index < -0.39 is 52.9 Å². The molecule has 0 spiro atoms. The van der Waals surface area contributed by atoms with Gasteiger partial charge in [0.1, 0.15) is 38.1 Å². The van der Waals surface area contributed by atoms with Gasteiger partial charge in [-0.3, -0.25) is 13.9 Å². The van der Waals surface area contributed by atoms with Crippen LogP contribution in [-0.2, 0) is 32.2 Å². The average molecular weight is 852 g/mol. The molecule has 8 N–H and O–H groups in total. The minimum Gasteiger partial charge on any atom is -0.439 e. The predicted octanol–water partition coefficient (Wildman–Crippen LogP) is 0.767. The first-order valence-corrected chi connectivity index (χ1v) is 21.1. The van der Waals surface area contributed by atoms with E-state index >= 15 is 0 Å². The Kier molecular flexibility index (Phi) is 12.8. The summed E-state index contributed by atoms with van der Waals surface area (Å²) in [6.07, 6.45) is -3.91. The number of fused-ring (bicyclic) bond motifs is 3. The Hall–Kier alpha value is -4.67. The quantitative estimate of drug-likeness (QED) is 0.0331. The number of rotatable bonds is 15. The predicted molar refractivity (Wildman–Crippen MR) is 206 cm³/mol. The minimum atomic E-state index is -5.42. The molecule has 1 saturated heterocycles. The fourth-order valence-corrected chi connectivity index (χ4v) is 8.56. The molecule has 306 valence electrons. The number of carbonyl (C=O) groups excluding carboxylic acids is 2. The summed E-state index contributed by atoms with van der Waals surface area (Å²) in [7, 11) is -4.79. The molecule has 0 saturated carbocycles. The zero-order valence-corrected chi connectivity index (χ0v) is 33.3. The zero-order valence-electron chi connectivity index (χ0n) is 30.7. The SMILES string of the molecule is CN(CCCC(=O)NCCNC(=O)O[C@@H]1[C@H](O)[C@@H](COP(=O)(O)OP(=O)(O)O)O[C@H]1n1cnc2c(N)ncnc21)c1ccc2nc3ccc(=[N+](C)C)cc-3sc2c1. The third-order valence-corrected chi connectivity index (χ3v) is 12.0. The lowest BCUT2D eigenvalue weighted by molar-refractivity contribution is -0.121. The number of alkyl carbamates (subject to hydrolysis) is 1. The zero-order chi connectivity index (χ0) is 41.1. The molecular weight excluding hydrogens is 810 g/mol. The number of amides is 2. The minimum absolute atomic E-state index is 0.0215. The number of phosphoric acid groups is 2. The molecule has 3 aromatic rings. The molecule has 3 aliphatic rings. The third kappa shape index (κ3) is 10.4. The topological polar surface area (TPSA) is 299 Å². The van der Waals surface area contributed by atoms with Gasteiger partial charge in [-0.2, -0.15) is 4.31 Å². The van der Waals surface area contributed by atoms with Crippen molar-refractivity contribution in [2.45, 2.75) is 37.4 Å². The molecule has 0 radical (unpaired) electrons. The molecular formula is C32H41N10O12P2S+. The van der Waals surface area contributed by atoms with Crippen molar-refractivity contribution in [2.24, 2.45) is 0 Å². The summed E-state index contributed by atoms with van der Waals surface area (Å²) < 4.78 is 47.1. The van der Waals surface area contributed by atoms with Crippen LogP contribution in [0.25, 0.3) is 32.0 Å². The van der Waals surface area contributed by atoms with Gasteiger partial charge in [-0.25, -0.2) is 38.4 Å². The van der Waals surface area contributed by atoms with Gasteiger partial charge in [0.25, 0.3) is 0 Å². The van der Waals surface area contributed by atoms with E-state index in [1.807, 2.05) is 50.0 Å². The summed E-state index contributed by atoms with van der Waals surface area (Å²) >= 11 is 1.67. The standard InChI is InChI=1S/C32H40N10O12P2S/c1-40(2)18-6-8-20-23(13-18)57-24-14-19(7-9-21(24)39-20)41(3)12-4-5-25(43)34-10-11-35-32(45)53-28-27(44)22(15-51-56(49,50)54-55(46,47)48)52-31(28)42-17-38-26-29(33)36-16-37-30(26)42/h6-9,13-14,16-17,22,27-28,31,44H,4-5,10-12,15H2,1-3H3,(H6-,33,34,35,36,37,43,45,46,47,48,49,50)/p+1/t22-,27-,28-,31-/m1/s1. The van der Waals surface area contributed by atoms with Crippen molar-refractivity contribution in [1.82, 2.24) is 39.7 Å². The van der Waals surface area contributed by atoms with Gasteiger partial charge >= 0.3 is 21.7 Å². The Morgan fingerprint density at radius 2 is 1.86 bits per heavy atom. The second-order valence-electron chi connectivity index (χ2n) is 13.1. The third-order valence-electron chi connectivity index (χ3n) is 8.75. The van der Waals surface area contributed by atoms with Gasteiger partial charge in [-0.15, -0.1) is 11.3 Å². The molecule has 1 unspecified atom stereocenters. The molecule has 22 nitrogen and oxygen atoms in total. The average Bonchev–Trinajstić information content (AvgIpc) is 3.71. The largest absolute Gasteiger partial charge is 0.481 e. The number of phosphoric ester groups is 1. The number of nitrogens with one attached hydrogen (secondary N) is 2. The lowest BCUT2D eigenvalue weighted by Crippen LogP contribution is -2.41. The van der Waals surface area contributed by atoms with Crippen LogP contribution >= 0.6 is 27.0 Å². The van der Waals surface area contributed by atoms with Crippen LogP contribution in [0.4, 0.5) is 16.3 Å². The summed E-state index contributed by atoms with van der Waals surface area (Å²) in [6.45, 7) is -0.304. The molecule has 4 heterocycles. The van der Waals surface area contributed by atoms with Crippen molar-refractivity contribution >= 4 is 71.9 Å². The molecule has 1 aromatic carbocycles. The van der Waals surface area contributed by atoms with Crippen molar-refractivity contribution in [1.29, 1.82) is 0 Å². The molecule has 0 bridgehead atoms. The summed E-state index contributed by atoms with van der Waals surface area (Å²) in [6, 6.07) is 12.3. The number of nitrogen functional groups attached to an aromatic ring is 1. The van der Waals surface area contributed by atoms with E-state index in [4.69, 9.17) is 30.0 Å². The maximum atomic E-state index is 12.9. The summed E-state index contributed by atoms with van der Waals surface area (Å²) in [5, 5.41) is 17.3. The maximum absolute atomic E-state index is 12.9. The van der Waals surface area contributed by atoms with E-state index in [1.54, 1.807) is 11.3 Å². The maximum Gasteiger partial charge on any atom is 0.481 e. The molecule has 57 heavy (non-hydrogen) atoms. The van der Waals surface area contributed by atoms with E-state index in [-0.39, 0.29) is 42.4 Å². The number of hydrogen-bond acceptors (Lipinski definition) is 16. The monoisotopic (exact) mass is 851 g/mol. The van der Waals surface area contributed by atoms with Crippen LogP contribution in [0.2, 0.25) is 0 Å². The Labute approximate surface area is 328 Å². The molecule has 1 aliphatic carbocycles. The molecule has 2 aromatic heterocycles. The van der Waals surface area contributed by atoms with Crippen molar-refractivity contribution in [3.63, 3.8) is 0 Å². The first kappa shape index (κ1) is 41.9. The van der Waals surface area contributed by atoms with Gasteiger partial charge in [0, 0.05) is 50.9 Å². The number of nitrogens with zero attached hydrogens (tertiary/aromatic N) is 7. The van der Waals surface area contributed by atoms with Gasteiger partial charge in [0.15, 0.2) is 23.8 Å². The molecule has 6 rings (SSSR count). The van der Waals surface area contributed by atoms with Crippen LogP contribution < -0.4 is 31.2 Å². The van der Waals surface area contributed by atoms with Gasteiger partial charge in [-0.05, 0) is 30.7 Å². The number of aromatic nitrogens is 5. The van der Waals surface area contributed by atoms with Crippen LogP contribution in [0.3, 0.4) is 0 Å². The summed E-state index contributed by atoms with van der Waals surface area (Å²) in [5.74, 6) is -0.209. The van der Waals surface area contributed by atoms with E-state index in [9.17, 15) is 28.7 Å². The van der Waals surface area contributed by atoms with Gasteiger partial charge in [0.2, 0.25) is 11.3 Å². The summed E-state index contributed by atoms with van der Waals surface area (Å²) in [5.41, 5.74) is 9.00. The second-order valence-corrected chi connectivity index (χ2v) is 17.0. The molecule has 25 heteroatoms. The Morgan fingerprint density at radius 3 is 2.61 bits per heavy atom. The van der Waals surface area contributed by atoms with E-state index in [0.717, 1.165) is 38.2 Å². The highest BCUT2D eigenvalue weighted by Crippen LogP contribution is 2.57. The number of hydrogen-bond donors (Lipinski definition) is 7. The number of benzene rings is 2. The molecule has 5 atom stereocenters. The highest BCUT2D eigenvalue weighted by atomic mass is 32.1. The van der Waals surface area contributed by atoms with Crippen molar-refractivity contribution in [3.05, 3.63) is 54.4 Å². The summed E-state index contributed by atoms with van der Waals surface area (Å²) in [4.78, 5) is 73.0. The highest BCUT2D eigenvalue weighted by molar-refractivity contribution is 7.60. The molecule has 2 aliphatic heterocycles. The molecule has 2 amide bonds. The molecule has 1 fully saturated rings. The van der Waals surface area contributed by atoms with Crippen LogP contribution in [0, 0.1) is 0 Å². The lowest BCUT2D eigenvalue weighted by atomic mass is 10.1. The van der Waals surface area contributed by atoms with E-state index in [0.29, 0.717) is 13.0 Å². The number of aliphatic hydroxyl groups excluding tert-OH is 1. The van der Waals surface area contributed by atoms with Crippen molar-refractivity contribution in [3.8, 4) is 10.6 Å². The van der Waals surface area contributed by atoms with Crippen molar-refractivity contribution in [2.75, 3.05) is 58.0 Å². The van der Waals surface area contributed by atoms with Gasteiger partial charge < -0.3 is 50.5 Å². The van der Waals surface area contributed by atoms with Gasteiger partial charge in [0.05, 0.1) is 33.7 Å². The second kappa shape index (κ2) is 17.4. The number of aliphatic hydroxyl groups is 1. The number of carbonyl (C=O) groups is 2. The first-order valence-electron chi connectivity index (χ1n) is 17.3. The number of nitrogens with two attached hydrogens (primary N) is 1. The fraction of sp³-hybridized carbons (Fsp3) is 0.406. The number of imidazole rings is 1. The smallest absolute Gasteiger partial charge is 0.439 e.